The van der Waals surface area contributed by atoms with Crippen LogP contribution in [-0.4, -0.2) is 57.3 Å². The maximum Gasteiger partial charge on any atom is 0.287 e. The molecule has 0 atom stereocenters. The number of nitrogens with zero attached hydrogens (tertiary/aromatic N) is 8. The molecule has 12 heteroatoms. The van der Waals surface area contributed by atoms with Crippen LogP contribution in [0.4, 0.5) is 23.5 Å². The van der Waals surface area contributed by atoms with Crippen molar-refractivity contribution in [3.63, 3.8) is 0 Å². The molecule has 37 heavy (non-hydrogen) atoms. The summed E-state index contributed by atoms with van der Waals surface area (Å²) in [6.07, 6.45) is 9.90. The number of anilines is 3. The lowest BCUT2D eigenvalue weighted by molar-refractivity contribution is -0.385. The highest BCUT2D eigenvalue weighted by Crippen LogP contribution is 2.23. The third kappa shape index (κ3) is 6.46. The first-order chi connectivity index (χ1) is 18.1. The van der Waals surface area contributed by atoms with Gasteiger partial charge in [0.25, 0.3) is 5.69 Å². The number of nitro groups is 1. The number of nitrogens with one attached hydrogen (secondary N) is 1. The number of hydrazone groups is 1. The monoisotopic (exact) mass is 503 g/mol. The Morgan fingerprint density at radius 2 is 1.49 bits per heavy atom. The van der Waals surface area contributed by atoms with Gasteiger partial charge in [-0.25, -0.2) is 10.4 Å². The van der Waals surface area contributed by atoms with E-state index in [0.717, 1.165) is 63.6 Å². The highest BCUT2D eigenvalue weighted by molar-refractivity contribution is 5.80. The van der Waals surface area contributed by atoms with Gasteiger partial charge in [-0.3, -0.25) is 10.1 Å². The summed E-state index contributed by atoms with van der Waals surface area (Å²) in [6.45, 7) is 3.82. The molecule has 2 aliphatic heterocycles. The Morgan fingerprint density at radius 3 is 2.03 bits per heavy atom. The van der Waals surface area contributed by atoms with E-state index in [1.54, 1.807) is 18.3 Å². The molecular formula is C25H29N9O3. The Bertz CT molecular complexity index is 1190. The van der Waals surface area contributed by atoms with Crippen LogP contribution in [0.5, 0.6) is 11.6 Å². The highest BCUT2D eigenvalue weighted by atomic mass is 16.6. The average Bonchev–Trinajstić information content (AvgIpc) is 2.95. The molecule has 1 aromatic carbocycles. The largest absolute Gasteiger partial charge is 0.439 e. The van der Waals surface area contributed by atoms with Crippen molar-refractivity contribution in [1.29, 1.82) is 0 Å². The molecule has 1 N–H and O–H groups in total. The lowest BCUT2D eigenvalue weighted by Crippen LogP contribution is -2.34. The van der Waals surface area contributed by atoms with E-state index in [4.69, 9.17) is 9.72 Å². The minimum Gasteiger partial charge on any atom is -0.439 e. The minimum atomic E-state index is -0.501. The summed E-state index contributed by atoms with van der Waals surface area (Å²) in [6, 6.07) is 10.0. The molecule has 5 rings (SSSR count). The highest BCUT2D eigenvalue weighted by Gasteiger charge is 2.20. The van der Waals surface area contributed by atoms with E-state index in [-0.39, 0.29) is 11.6 Å². The van der Waals surface area contributed by atoms with Crippen molar-refractivity contribution in [3.8, 4) is 11.6 Å². The number of hydrogen-bond donors (Lipinski definition) is 1. The number of ether oxygens (including phenoxy) is 1. The molecule has 0 bridgehead atoms. The lowest BCUT2D eigenvalue weighted by atomic mass is 10.1. The van der Waals surface area contributed by atoms with Crippen molar-refractivity contribution < 1.29 is 9.66 Å². The number of aromatic nitrogens is 4. The predicted octanol–water partition coefficient (Wildman–Crippen LogP) is 4.39. The van der Waals surface area contributed by atoms with Crippen LogP contribution in [0, 0.1) is 10.1 Å². The van der Waals surface area contributed by atoms with Gasteiger partial charge in [0, 0.05) is 38.3 Å². The Morgan fingerprint density at radius 1 is 0.865 bits per heavy atom. The molecule has 3 aromatic rings. The fourth-order valence-corrected chi connectivity index (χ4v) is 4.32. The number of rotatable bonds is 8. The first kappa shape index (κ1) is 24.3. The summed E-state index contributed by atoms with van der Waals surface area (Å²) in [7, 11) is 0. The van der Waals surface area contributed by atoms with Crippen LogP contribution in [0.15, 0.2) is 47.7 Å². The van der Waals surface area contributed by atoms with Crippen LogP contribution in [0.25, 0.3) is 0 Å². The minimum absolute atomic E-state index is 0.0873. The normalized spacial score (nSPS) is 16.1. The maximum absolute atomic E-state index is 10.8. The smallest absolute Gasteiger partial charge is 0.287 e. The van der Waals surface area contributed by atoms with Crippen LogP contribution in [0.3, 0.4) is 0 Å². The first-order valence-electron chi connectivity index (χ1n) is 12.6. The summed E-state index contributed by atoms with van der Waals surface area (Å²) in [5, 5.41) is 15.1. The van der Waals surface area contributed by atoms with E-state index in [1.165, 1.54) is 25.0 Å². The van der Waals surface area contributed by atoms with Crippen molar-refractivity contribution >= 4 is 29.7 Å². The van der Waals surface area contributed by atoms with Crippen LogP contribution < -0.4 is 20.0 Å². The summed E-state index contributed by atoms with van der Waals surface area (Å²) in [4.78, 5) is 32.7. The van der Waals surface area contributed by atoms with E-state index < -0.39 is 4.92 Å². The summed E-state index contributed by atoms with van der Waals surface area (Å²) >= 11 is 0. The van der Waals surface area contributed by atoms with Crippen LogP contribution in [0.1, 0.15) is 44.1 Å². The van der Waals surface area contributed by atoms with E-state index in [0.29, 0.717) is 23.6 Å². The molecule has 0 unspecified atom stereocenters. The van der Waals surface area contributed by atoms with Gasteiger partial charge >= 0.3 is 0 Å². The molecule has 2 saturated heterocycles. The molecule has 0 radical (unpaired) electrons. The number of pyridine rings is 1. The van der Waals surface area contributed by atoms with Gasteiger partial charge in [-0.1, -0.05) is 0 Å². The van der Waals surface area contributed by atoms with Gasteiger partial charge in [-0.2, -0.15) is 20.1 Å². The number of piperidine rings is 2. The van der Waals surface area contributed by atoms with Gasteiger partial charge in [0.2, 0.25) is 23.7 Å². The zero-order valence-electron chi connectivity index (χ0n) is 20.5. The topological polar surface area (TPSA) is 135 Å². The second-order valence-corrected chi connectivity index (χ2v) is 9.01. The molecule has 0 amide bonds. The fraction of sp³-hybridized carbons (Fsp3) is 0.400. The molecule has 2 aliphatic rings. The van der Waals surface area contributed by atoms with E-state index >= 15 is 0 Å². The summed E-state index contributed by atoms with van der Waals surface area (Å²) in [5.41, 5.74) is 3.74. The third-order valence-corrected chi connectivity index (χ3v) is 6.30. The average molecular weight is 504 g/mol. The Hall–Kier alpha value is -4.35. The Balaban J connectivity index is 1.25. The zero-order valence-corrected chi connectivity index (χ0v) is 20.5. The van der Waals surface area contributed by atoms with Crippen molar-refractivity contribution in [2.45, 2.75) is 38.5 Å². The molecular weight excluding hydrogens is 474 g/mol. The molecule has 0 saturated carbocycles. The van der Waals surface area contributed by atoms with Crippen molar-refractivity contribution in [2.75, 3.05) is 41.4 Å². The predicted molar refractivity (Wildman–Crippen MR) is 141 cm³/mol. The van der Waals surface area contributed by atoms with Gasteiger partial charge in [0.15, 0.2) is 0 Å². The van der Waals surface area contributed by atoms with Gasteiger partial charge in [0.05, 0.1) is 11.1 Å². The lowest BCUT2D eigenvalue weighted by Gasteiger charge is -2.30. The Kier molecular flexibility index (Phi) is 7.63. The van der Waals surface area contributed by atoms with Crippen LogP contribution in [-0.2, 0) is 0 Å². The fourth-order valence-electron chi connectivity index (χ4n) is 4.32. The van der Waals surface area contributed by atoms with Crippen LogP contribution >= 0.6 is 0 Å². The third-order valence-electron chi connectivity index (χ3n) is 6.30. The van der Waals surface area contributed by atoms with E-state index in [1.807, 2.05) is 12.1 Å². The van der Waals surface area contributed by atoms with Gasteiger partial charge in [-0.15, -0.1) is 0 Å². The SMILES string of the molecule is O=[N+]([O-])c1ccc(Oc2ccc(/C=N/Nc3nc(N4CCCCC4)nc(N4CCCCC4)n3)cc2)nc1. The summed E-state index contributed by atoms with van der Waals surface area (Å²) in [5.74, 6) is 2.67. The second-order valence-electron chi connectivity index (χ2n) is 9.01. The Labute approximate surface area is 214 Å². The molecule has 192 valence electrons. The van der Waals surface area contributed by atoms with Crippen LogP contribution in [0.2, 0.25) is 0 Å². The quantitative estimate of drug-likeness (QED) is 0.268. The molecule has 0 spiro atoms. The molecule has 12 nitrogen and oxygen atoms in total. The first-order valence-corrected chi connectivity index (χ1v) is 12.6. The van der Waals surface area contributed by atoms with Gasteiger partial charge in [-0.05, 0) is 68.4 Å². The number of benzene rings is 1. The van der Waals surface area contributed by atoms with E-state index in [9.17, 15) is 10.1 Å². The molecule has 2 fully saturated rings. The van der Waals surface area contributed by atoms with E-state index in [2.05, 4.69) is 35.3 Å². The molecule has 0 aliphatic carbocycles. The van der Waals surface area contributed by atoms with Crippen molar-refractivity contribution in [3.05, 3.63) is 58.3 Å². The summed E-state index contributed by atoms with van der Waals surface area (Å²) < 4.78 is 5.65. The molecule has 4 heterocycles. The maximum atomic E-state index is 10.8. The zero-order chi connectivity index (χ0) is 25.5. The van der Waals surface area contributed by atoms with Crippen molar-refractivity contribution in [2.24, 2.45) is 5.10 Å². The molecule has 2 aromatic heterocycles. The van der Waals surface area contributed by atoms with Gasteiger partial charge < -0.3 is 14.5 Å². The standard InChI is InChI=1S/C25H29N9O3/c35-34(36)20-9-12-22(26-18-20)37-21-10-7-19(8-11-21)17-27-31-23-28-24(32-13-3-1-4-14-32)30-25(29-23)33-15-5-2-6-16-33/h7-12,17-18H,1-6,13-16H2,(H,28,29,30,31)/b27-17+. The van der Waals surface area contributed by atoms with Crippen molar-refractivity contribution in [1.82, 2.24) is 19.9 Å². The number of hydrogen-bond acceptors (Lipinski definition) is 11. The van der Waals surface area contributed by atoms with Gasteiger partial charge in [0.1, 0.15) is 11.9 Å². The second kappa shape index (κ2) is 11.6.